The van der Waals surface area contributed by atoms with Crippen molar-refractivity contribution >= 4 is 27.7 Å². The fraction of sp³-hybridized carbons (Fsp3) is 0.333. The predicted octanol–water partition coefficient (Wildman–Crippen LogP) is 3.83. The maximum atomic E-state index is 13.0. The minimum Gasteiger partial charge on any atom is -0.481 e. The van der Waals surface area contributed by atoms with Gasteiger partial charge in [-0.05, 0) is 61.0 Å². The fourth-order valence-corrected chi connectivity index (χ4v) is 3.03. The Labute approximate surface area is 153 Å². The van der Waals surface area contributed by atoms with Crippen molar-refractivity contribution in [1.29, 1.82) is 0 Å². The number of hydrogen-bond donors (Lipinski definition) is 0. The number of rotatable bonds is 7. The standard InChI is InChI=1S/C18H19BrFNO4/c1-4-21-11(2)7-14(12(21)3)16(22)9-25-18(23)10-24-17-6-5-13(20)8-15(17)19/h5-8H,4,9-10H2,1-3H3. The molecule has 0 unspecified atom stereocenters. The summed E-state index contributed by atoms with van der Waals surface area (Å²) in [5, 5.41) is 0. The maximum Gasteiger partial charge on any atom is 0.344 e. The molecule has 1 aromatic carbocycles. The number of nitrogens with zero attached hydrogens (tertiary/aromatic N) is 1. The minimum atomic E-state index is -0.672. The fourth-order valence-electron chi connectivity index (χ4n) is 2.56. The van der Waals surface area contributed by atoms with Gasteiger partial charge >= 0.3 is 5.97 Å². The van der Waals surface area contributed by atoms with Crippen molar-refractivity contribution in [3.8, 4) is 5.75 Å². The van der Waals surface area contributed by atoms with Crippen LogP contribution in [0.4, 0.5) is 4.39 Å². The molecule has 134 valence electrons. The molecule has 1 aromatic heterocycles. The molecule has 0 aliphatic carbocycles. The summed E-state index contributed by atoms with van der Waals surface area (Å²) in [5.41, 5.74) is 2.39. The van der Waals surface area contributed by atoms with Gasteiger partial charge in [-0.25, -0.2) is 9.18 Å². The molecular weight excluding hydrogens is 393 g/mol. The molecule has 1 heterocycles. The van der Waals surface area contributed by atoms with Gasteiger partial charge in [0.2, 0.25) is 5.78 Å². The number of carbonyl (C=O) groups excluding carboxylic acids is 2. The van der Waals surface area contributed by atoms with Gasteiger partial charge in [0.05, 0.1) is 4.47 Å². The SMILES string of the molecule is CCn1c(C)cc(C(=O)COC(=O)COc2ccc(F)cc2Br)c1C. The molecule has 0 spiro atoms. The first-order valence-corrected chi connectivity index (χ1v) is 8.56. The molecule has 7 heteroatoms. The van der Waals surface area contributed by atoms with E-state index in [9.17, 15) is 14.0 Å². The highest BCUT2D eigenvalue weighted by atomic mass is 79.9. The lowest BCUT2D eigenvalue weighted by Crippen LogP contribution is -2.20. The van der Waals surface area contributed by atoms with Crippen LogP contribution in [0.15, 0.2) is 28.7 Å². The Hall–Kier alpha value is -2.15. The molecule has 5 nitrogen and oxygen atoms in total. The molecule has 0 atom stereocenters. The van der Waals surface area contributed by atoms with E-state index in [2.05, 4.69) is 15.9 Å². The van der Waals surface area contributed by atoms with Gasteiger partial charge in [0.15, 0.2) is 13.2 Å². The summed E-state index contributed by atoms with van der Waals surface area (Å²) >= 11 is 3.14. The Balaban J connectivity index is 1.88. The summed E-state index contributed by atoms with van der Waals surface area (Å²) in [6.07, 6.45) is 0. The maximum absolute atomic E-state index is 13.0. The highest BCUT2D eigenvalue weighted by molar-refractivity contribution is 9.10. The molecule has 0 amide bonds. The molecule has 0 N–H and O–H groups in total. The number of hydrogen-bond acceptors (Lipinski definition) is 4. The van der Waals surface area contributed by atoms with Gasteiger partial charge in [-0.1, -0.05) is 0 Å². The van der Waals surface area contributed by atoms with Crippen molar-refractivity contribution < 1.29 is 23.5 Å². The van der Waals surface area contributed by atoms with Crippen LogP contribution in [0.1, 0.15) is 28.7 Å². The van der Waals surface area contributed by atoms with Gasteiger partial charge in [-0.15, -0.1) is 0 Å². The number of aromatic nitrogens is 1. The average Bonchev–Trinajstić information content (AvgIpc) is 2.85. The largest absolute Gasteiger partial charge is 0.481 e. The molecule has 2 aromatic rings. The molecule has 25 heavy (non-hydrogen) atoms. The van der Waals surface area contributed by atoms with Crippen LogP contribution in [-0.2, 0) is 16.1 Å². The zero-order chi connectivity index (χ0) is 18.6. The van der Waals surface area contributed by atoms with Crippen LogP contribution in [0.5, 0.6) is 5.75 Å². The Kier molecular flexibility index (Phi) is 6.36. The first-order chi connectivity index (χ1) is 11.8. The lowest BCUT2D eigenvalue weighted by atomic mass is 10.1. The first kappa shape index (κ1) is 19.2. The van der Waals surface area contributed by atoms with Gasteiger partial charge < -0.3 is 14.0 Å². The molecule has 0 aliphatic rings. The number of carbonyl (C=O) groups is 2. The van der Waals surface area contributed by atoms with E-state index < -0.39 is 11.8 Å². The summed E-state index contributed by atoms with van der Waals surface area (Å²) in [6.45, 7) is 5.84. The van der Waals surface area contributed by atoms with Crippen molar-refractivity contribution in [3.05, 3.63) is 51.5 Å². The van der Waals surface area contributed by atoms with Crippen LogP contribution in [0, 0.1) is 19.7 Å². The number of Topliss-reactive ketones (excluding diaryl/α,β-unsaturated/α-hetero) is 1. The van der Waals surface area contributed by atoms with Crippen molar-refractivity contribution in [2.75, 3.05) is 13.2 Å². The van der Waals surface area contributed by atoms with Gasteiger partial charge in [0, 0.05) is 23.5 Å². The molecule has 0 saturated carbocycles. The van der Waals surface area contributed by atoms with E-state index >= 15 is 0 Å². The van der Waals surface area contributed by atoms with E-state index in [1.165, 1.54) is 18.2 Å². The second kappa shape index (κ2) is 8.29. The molecule has 0 radical (unpaired) electrons. The van der Waals surface area contributed by atoms with Crippen LogP contribution < -0.4 is 4.74 Å². The number of esters is 1. The zero-order valence-corrected chi connectivity index (χ0v) is 15.9. The highest BCUT2D eigenvalue weighted by Gasteiger charge is 2.17. The van der Waals surface area contributed by atoms with E-state index in [1.807, 2.05) is 25.3 Å². The highest BCUT2D eigenvalue weighted by Crippen LogP contribution is 2.25. The molecule has 2 rings (SSSR count). The van der Waals surface area contributed by atoms with Gasteiger partial charge in [0.25, 0.3) is 0 Å². The van der Waals surface area contributed by atoms with Crippen LogP contribution in [-0.4, -0.2) is 29.5 Å². The molecule has 0 fully saturated rings. The van der Waals surface area contributed by atoms with Gasteiger partial charge in [-0.2, -0.15) is 0 Å². The summed E-state index contributed by atoms with van der Waals surface area (Å²) in [5.74, 6) is -1.04. The number of ketones is 1. The molecule has 0 aliphatic heterocycles. The van der Waals surface area contributed by atoms with Crippen molar-refractivity contribution in [2.24, 2.45) is 0 Å². The van der Waals surface area contributed by atoms with Crippen molar-refractivity contribution in [3.63, 3.8) is 0 Å². The van der Waals surface area contributed by atoms with Crippen molar-refractivity contribution in [1.82, 2.24) is 4.57 Å². The first-order valence-electron chi connectivity index (χ1n) is 7.76. The van der Waals surface area contributed by atoms with E-state index in [-0.39, 0.29) is 19.0 Å². The normalized spacial score (nSPS) is 10.6. The Bertz CT molecular complexity index is 801. The third kappa shape index (κ3) is 4.69. The molecule has 0 saturated heterocycles. The lowest BCUT2D eigenvalue weighted by Gasteiger charge is -2.08. The van der Waals surface area contributed by atoms with Gasteiger partial charge in [0.1, 0.15) is 11.6 Å². The van der Waals surface area contributed by atoms with Crippen molar-refractivity contribution in [2.45, 2.75) is 27.3 Å². The van der Waals surface area contributed by atoms with Crippen LogP contribution in [0.25, 0.3) is 0 Å². The van der Waals surface area contributed by atoms with E-state index in [1.54, 1.807) is 6.07 Å². The predicted molar refractivity (Wildman–Crippen MR) is 94.5 cm³/mol. The Morgan fingerprint density at radius 2 is 1.92 bits per heavy atom. The van der Waals surface area contributed by atoms with Gasteiger partial charge in [-0.3, -0.25) is 4.79 Å². The average molecular weight is 412 g/mol. The smallest absolute Gasteiger partial charge is 0.344 e. The van der Waals surface area contributed by atoms with E-state index in [0.717, 1.165) is 17.9 Å². The summed E-state index contributed by atoms with van der Waals surface area (Å²) < 4.78 is 25.6. The summed E-state index contributed by atoms with van der Waals surface area (Å²) in [7, 11) is 0. The quantitative estimate of drug-likeness (QED) is 0.513. The van der Waals surface area contributed by atoms with Crippen LogP contribution in [0.3, 0.4) is 0 Å². The topological polar surface area (TPSA) is 57.5 Å². The van der Waals surface area contributed by atoms with E-state index in [0.29, 0.717) is 15.8 Å². The van der Waals surface area contributed by atoms with Crippen LogP contribution >= 0.6 is 15.9 Å². The Morgan fingerprint density at radius 1 is 1.20 bits per heavy atom. The number of halogens is 2. The summed E-state index contributed by atoms with van der Waals surface area (Å²) in [4.78, 5) is 24.0. The summed E-state index contributed by atoms with van der Waals surface area (Å²) in [6, 6.07) is 5.64. The molecule has 0 bridgehead atoms. The number of aryl methyl sites for hydroxylation is 1. The van der Waals surface area contributed by atoms with E-state index in [4.69, 9.17) is 9.47 Å². The van der Waals surface area contributed by atoms with Crippen LogP contribution in [0.2, 0.25) is 0 Å². The second-order valence-electron chi connectivity index (χ2n) is 5.48. The zero-order valence-electron chi connectivity index (χ0n) is 14.3. The monoisotopic (exact) mass is 411 g/mol. The number of benzene rings is 1. The minimum absolute atomic E-state index is 0.260. The third-order valence-electron chi connectivity index (χ3n) is 3.79. The second-order valence-corrected chi connectivity index (χ2v) is 6.33. The third-order valence-corrected chi connectivity index (χ3v) is 4.41. The Morgan fingerprint density at radius 3 is 2.52 bits per heavy atom. The number of ether oxygens (including phenoxy) is 2. The molecular formula is C18H19BrFNO4. The lowest BCUT2D eigenvalue weighted by molar-refractivity contribution is -0.144.